The molecular formula is C9H21NO4S. The van der Waals surface area contributed by atoms with E-state index in [1.54, 1.807) is 0 Å². The minimum Gasteiger partial charge on any atom is -0.389 e. The second kappa shape index (κ2) is 7.16. The van der Waals surface area contributed by atoms with Gasteiger partial charge in [0.15, 0.2) is 0 Å². The zero-order valence-electron chi connectivity index (χ0n) is 9.64. The van der Waals surface area contributed by atoms with Crippen molar-refractivity contribution in [2.24, 2.45) is 0 Å². The number of ether oxygens (including phenoxy) is 1. The van der Waals surface area contributed by atoms with Crippen molar-refractivity contribution in [1.29, 1.82) is 0 Å². The summed E-state index contributed by atoms with van der Waals surface area (Å²) >= 11 is 0. The number of nitrogens with zero attached hydrogens (tertiary/aromatic N) is 1. The van der Waals surface area contributed by atoms with Gasteiger partial charge in [-0.15, -0.1) is 0 Å². The highest BCUT2D eigenvalue weighted by atomic mass is 32.2. The summed E-state index contributed by atoms with van der Waals surface area (Å²) in [6, 6.07) is 0. The third kappa shape index (κ3) is 6.09. The van der Waals surface area contributed by atoms with Crippen LogP contribution in [-0.2, 0) is 14.8 Å². The van der Waals surface area contributed by atoms with Crippen LogP contribution in [-0.4, -0.2) is 57.0 Å². The molecule has 1 unspecified atom stereocenters. The topological polar surface area (TPSA) is 66.8 Å². The normalized spacial score (nSPS) is 14.5. The zero-order valence-corrected chi connectivity index (χ0v) is 10.5. The van der Waals surface area contributed by atoms with Gasteiger partial charge in [-0.2, -0.15) is 0 Å². The van der Waals surface area contributed by atoms with Crippen LogP contribution in [0.3, 0.4) is 0 Å². The number of aliphatic hydroxyl groups excluding tert-OH is 1. The van der Waals surface area contributed by atoms with Gasteiger partial charge >= 0.3 is 0 Å². The fourth-order valence-corrected chi connectivity index (χ4v) is 2.50. The lowest BCUT2D eigenvalue weighted by Crippen LogP contribution is -2.37. The van der Waals surface area contributed by atoms with E-state index in [1.807, 2.05) is 6.92 Å². The smallest absolute Gasteiger partial charge is 0.213 e. The van der Waals surface area contributed by atoms with Gasteiger partial charge in [0, 0.05) is 20.7 Å². The predicted molar refractivity (Wildman–Crippen MR) is 59.2 cm³/mol. The Hall–Kier alpha value is -0.170. The fourth-order valence-electron chi connectivity index (χ4n) is 1.14. The first-order chi connectivity index (χ1) is 6.94. The lowest BCUT2D eigenvalue weighted by Gasteiger charge is -2.19. The molecule has 5 nitrogen and oxygen atoms in total. The number of rotatable bonds is 8. The summed E-state index contributed by atoms with van der Waals surface area (Å²) in [5.74, 6) is 0.139. The molecule has 92 valence electrons. The molecule has 1 N–H and O–H groups in total. The monoisotopic (exact) mass is 239 g/mol. The van der Waals surface area contributed by atoms with E-state index in [0.29, 0.717) is 6.42 Å². The van der Waals surface area contributed by atoms with Crippen molar-refractivity contribution in [3.8, 4) is 0 Å². The SMILES string of the molecule is CCCCS(=O)(=O)N(C)CC(O)COC. The second-order valence-corrected chi connectivity index (χ2v) is 5.75. The average Bonchev–Trinajstić information content (AvgIpc) is 2.15. The first-order valence-corrected chi connectivity index (χ1v) is 6.66. The molecule has 0 saturated heterocycles. The third-order valence-corrected chi connectivity index (χ3v) is 3.96. The zero-order chi connectivity index (χ0) is 11.9. The van der Waals surface area contributed by atoms with Crippen LogP contribution in [0, 0.1) is 0 Å². The van der Waals surface area contributed by atoms with Gasteiger partial charge in [0.2, 0.25) is 10.0 Å². The molecule has 0 bridgehead atoms. The molecule has 0 aliphatic heterocycles. The van der Waals surface area contributed by atoms with Crippen LogP contribution in [0.4, 0.5) is 0 Å². The molecule has 0 spiro atoms. The highest BCUT2D eigenvalue weighted by Gasteiger charge is 2.19. The van der Waals surface area contributed by atoms with E-state index in [-0.39, 0.29) is 18.9 Å². The Labute approximate surface area is 92.1 Å². The Bertz CT molecular complexity index is 253. The third-order valence-electron chi connectivity index (χ3n) is 2.06. The summed E-state index contributed by atoms with van der Waals surface area (Å²) < 4.78 is 29.1. The van der Waals surface area contributed by atoms with Crippen LogP contribution in [0.2, 0.25) is 0 Å². The molecule has 0 aromatic rings. The number of sulfonamides is 1. The van der Waals surface area contributed by atoms with Gasteiger partial charge in [-0.1, -0.05) is 13.3 Å². The summed E-state index contributed by atoms with van der Waals surface area (Å²) in [4.78, 5) is 0. The molecule has 0 aromatic heterocycles. The lowest BCUT2D eigenvalue weighted by atomic mass is 10.4. The quantitative estimate of drug-likeness (QED) is 0.650. The van der Waals surface area contributed by atoms with Crippen molar-refractivity contribution in [3.63, 3.8) is 0 Å². The summed E-state index contributed by atoms with van der Waals surface area (Å²) in [5.41, 5.74) is 0. The van der Waals surface area contributed by atoms with Crippen molar-refractivity contribution in [2.75, 3.05) is 33.1 Å². The molecule has 0 rings (SSSR count). The van der Waals surface area contributed by atoms with Crippen molar-refractivity contribution >= 4 is 10.0 Å². The van der Waals surface area contributed by atoms with Crippen LogP contribution in [0.1, 0.15) is 19.8 Å². The van der Waals surface area contributed by atoms with Gasteiger partial charge in [0.25, 0.3) is 0 Å². The van der Waals surface area contributed by atoms with E-state index in [1.165, 1.54) is 18.5 Å². The Balaban J connectivity index is 4.12. The largest absolute Gasteiger partial charge is 0.389 e. The number of aliphatic hydroxyl groups is 1. The Morgan fingerprint density at radius 2 is 2.07 bits per heavy atom. The van der Waals surface area contributed by atoms with Crippen LogP contribution < -0.4 is 0 Å². The molecule has 0 radical (unpaired) electrons. The van der Waals surface area contributed by atoms with E-state index in [9.17, 15) is 13.5 Å². The minimum absolute atomic E-state index is 0.0832. The fraction of sp³-hybridized carbons (Fsp3) is 1.00. The molecule has 0 aromatic carbocycles. The molecule has 6 heteroatoms. The molecule has 0 fully saturated rings. The Morgan fingerprint density at radius 3 is 2.53 bits per heavy atom. The number of unbranched alkanes of at least 4 members (excludes halogenated alkanes) is 1. The highest BCUT2D eigenvalue weighted by Crippen LogP contribution is 2.03. The predicted octanol–water partition coefficient (Wildman–Crippen LogP) is 0.0554. The van der Waals surface area contributed by atoms with Gasteiger partial charge in [-0.25, -0.2) is 12.7 Å². The van der Waals surface area contributed by atoms with E-state index < -0.39 is 16.1 Å². The number of hydrogen-bond donors (Lipinski definition) is 1. The van der Waals surface area contributed by atoms with Crippen LogP contribution in [0.5, 0.6) is 0 Å². The van der Waals surface area contributed by atoms with E-state index in [0.717, 1.165) is 6.42 Å². The van der Waals surface area contributed by atoms with Crippen molar-refractivity contribution in [2.45, 2.75) is 25.9 Å². The van der Waals surface area contributed by atoms with E-state index in [4.69, 9.17) is 4.74 Å². The molecule has 1 atom stereocenters. The molecule has 0 aliphatic carbocycles. The number of hydrogen-bond acceptors (Lipinski definition) is 4. The number of methoxy groups -OCH3 is 1. The summed E-state index contributed by atoms with van der Waals surface area (Å²) in [6.45, 7) is 2.17. The Kier molecular flexibility index (Phi) is 7.08. The maximum atomic E-state index is 11.6. The van der Waals surface area contributed by atoms with Gasteiger partial charge in [-0.3, -0.25) is 0 Å². The molecular weight excluding hydrogens is 218 g/mol. The Morgan fingerprint density at radius 1 is 1.47 bits per heavy atom. The first kappa shape index (κ1) is 14.8. The van der Waals surface area contributed by atoms with E-state index in [2.05, 4.69) is 0 Å². The van der Waals surface area contributed by atoms with Crippen molar-refractivity contribution in [3.05, 3.63) is 0 Å². The van der Waals surface area contributed by atoms with Crippen LogP contribution in [0.25, 0.3) is 0 Å². The molecule has 0 heterocycles. The lowest BCUT2D eigenvalue weighted by molar-refractivity contribution is 0.0554. The standard InChI is InChI=1S/C9H21NO4S/c1-4-5-6-15(12,13)10(2)7-9(11)8-14-3/h9,11H,4-8H2,1-3H3. The highest BCUT2D eigenvalue weighted by molar-refractivity contribution is 7.89. The second-order valence-electron chi connectivity index (χ2n) is 3.56. The maximum absolute atomic E-state index is 11.6. The molecule has 0 saturated carbocycles. The summed E-state index contributed by atoms with van der Waals surface area (Å²) in [5, 5.41) is 9.38. The maximum Gasteiger partial charge on any atom is 0.213 e. The van der Waals surface area contributed by atoms with Gasteiger partial charge in [-0.05, 0) is 6.42 Å². The van der Waals surface area contributed by atoms with Crippen LogP contribution in [0.15, 0.2) is 0 Å². The van der Waals surface area contributed by atoms with Crippen LogP contribution >= 0.6 is 0 Å². The van der Waals surface area contributed by atoms with Gasteiger partial charge < -0.3 is 9.84 Å². The number of likely N-dealkylation sites (N-methyl/N-ethyl adjacent to an activating group) is 1. The first-order valence-electron chi connectivity index (χ1n) is 5.05. The molecule has 0 aliphatic rings. The molecule has 0 amide bonds. The average molecular weight is 239 g/mol. The van der Waals surface area contributed by atoms with Gasteiger partial charge in [0.05, 0.1) is 18.5 Å². The minimum atomic E-state index is -3.22. The molecule has 15 heavy (non-hydrogen) atoms. The van der Waals surface area contributed by atoms with Crippen molar-refractivity contribution in [1.82, 2.24) is 4.31 Å². The van der Waals surface area contributed by atoms with Crippen molar-refractivity contribution < 1.29 is 18.3 Å². The summed E-state index contributed by atoms with van der Waals surface area (Å²) in [6.07, 6.45) is 0.720. The summed E-state index contributed by atoms with van der Waals surface area (Å²) in [7, 11) is -0.275. The van der Waals surface area contributed by atoms with Gasteiger partial charge in [0.1, 0.15) is 0 Å². The van der Waals surface area contributed by atoms with E-state index >= 15 is 0 Å².